The monoisotopic (exact) mass is 209 g/mol. The van der Waals surface area contributed by atoms with Crippen molar-refractivity contribution in [3.63, 3.8) is 0 Å². The number of anilines is 1. The molecule has 5 nitrogen and oxygen atoms in total. The van der Waals surface area contributed by atoms with Crippen molar-refractivity contribution in [1.29, 1.82) is 0 Å². The summed E-state index contributed by atoms with van der Waals surface area (Å²) in [5.74, 6) is -0.697. The maximum atomic E-state index is 10.8. The minimum absolute atomic E-state index is 0.00856. The first-order valence-electron chi connectivity index (χ1n) is 4.65. The molecule has 5 heteroatoms. The molecule has 0 spiro atoms. The number of carbonyl (C=O) groups is 1. The zero-order valence-corrected chi connectivity index (χ0v) is 9.33. The second-order valence-corrected chi connectivity index (χ2v) is 4.40. The van der Waals surface area contributed by atoms with E-state index in [0.717, 1.165) is 0 Å². The lowest BCUT2D eigenvalue weighted by Crippen LogP contribution is -2.28. The van der Waals surface area contributed by atoms with E-state index in [1.54, 1.807) is 6.92 Å². The first kappa shape index (κ1) is 11.4. The Morgan fingerprint density at radius 2 is 2.00 bits per heavy atom. The second-order valence-electron chi connectivity index (χ2n) is 4.40. The van der Waals surface area contributed by atoms with Crippen molar-refractivity contribution in [2.45, 2.75) is 33.2 Å². The molecule has 2 N–H and O–H groups in total. The Morgan fingerprint density at radius 3 is 2.47 bits per heavy atom. The predicted octanol–water partition coefficient (Wildman–Crippen LogP) is 1.69. The van der Waals surface area contributed by atoms with Crippen molar-refractivity contribution in [3.05, 3.63) is 17.5 Å². The minimum Gasteiger partial charge on any atom is -0.477 e. The van der Waals surface area contributed by atoms with Gasteiger partial charge in [-0.2, -0.15) is 0 Å². The number of hydrogen-bond acceptors (Lipinski definition) is 4. The van der Waals surface area contributed by atoms with Crippen LogP contribution in [-0.2, 0) is 0 Å². The molecule has 0 saturated carbocycles. The van der Waals surface area contributed by atoms with Crippen LogP contribution in [0.3, 0.4) is 0 Å². The first-order chi connectivity index (χ1) is 6.78. The summed E-state index contributed by atoms with van der Waals surface area (Å²) in [6.45, 7) is 7.61. The maximum absolute atomic E-state index is 10.8. The number of aryl methyl sites for hydroxylation is 1. The smallest absolute Gasteiger partial charge is 0.354 e. The van der Waals surface area contributed by atoms with E-state index in [2.05, 4.69) is 15.3 Å². The van der Waals surface area contributed by atoms with Gasteiger partial charge in [-0.25, -0.2) is 14.8 Å². The summed E-state index contributed by atoms with van der Waals surface area (Å²) in [5.41, 5.74) is 0.451. The fraction of sp³-hybridized carbons (Fsp3) is 0.500. The van der Waals surface area contributed by atoms with Gasteiger partial charge < -0.3 is 10.4 Å². The van der Waals surface area contributed by atoms with Crippen LogP contribution in [0.25, 0.3) is 0 Å². The van der Waals surface area contributed by atoms with E-state index in [-0.39, 0.29) is 11.2 Å². The van der Waals surface area contributed by atoms with Crippen LogP contribution in [0, 0.1) is 6.92 Å². The summed E-state index contributed by atoms with van der Waals surface area (Å²) in [5, 5.41) is 11.8. The second kappa shape index (κ2) is 3.84. The first-order valence-corrected chi connectivity index (χ1v) is 4.65. The van der Waals surface area contributed by atoms with Gasteiger partial charge in [-0.1, -0.05) is 0 Å². The molecule has 0 unspecified atom stereocenters. The highest BCUT2D eigenvalue weighted by atomic mass is 16.4. The van der Waals surface area contributed by atoms with Gasteiger partial charge in [0.1, 0.15) is 0 Å². The van der Waals surface area contributed by atoms with Crippen molar-refractivity contribution < 1.29 is 9.90 Å². The van der Waals surface area contributed by atoms with Crippen molar-refractivity contribution in [1.82, 2.24) is 9.97 Å². The average molecular weight is 209 g/mol. The predicted molar refractivity (Wildman–Crippen MR) is 57.1 cm³/mol. The standard InChI is InChI=1S/C10H15N3O2/c1-6-5-7(8(14)15)12-9(11-6)13-10(2,3)4/h5H,1-4H3,(H,14,15)(H,11,12,13). The molecule has 0 radical (unpaired) electrons. The number of nitrogens with one attached hydrogen (secondary N) is 1. The molecule has 0 bridgehead atoms. The van der Waals surface area contributed by atoms with E-state index in [1.165, 1.54) is 6.07 Å². The Balaban J connectivity index is 3.04. The average Bonchev–Trinajstić information content (AvgIpc) is 1.99. The molecule has 0 aliphatic rings. The zero-order valence-electron chi connectivity index (χ0n) is 9.33. The molecule has 0 amide bonds. The summed E-state index contributed by atoms with van der Waals surface area (Å²) in [7, 11) is 0. The Kier molecular flexibility index (Phi) is 2.93. The van der Waals surface area contributed by atoms with Gasteiger partial charge >= 0.3 is 5.97 Å². The number of carboxylic acid groups (broad SMARTS) is 1. The fourth-order valence-electron chi connectivity index (χ4n) is 1.07. The summed E-state index contributed by atoms with van der Waals surface area (Å²) in [6.07, 6.45) is 0. The normalized spacial score (nSPS) is 11.2. The summed E-state index contributed by atoms with van der Waals surface area (Å²) < 4.78 is 0. The van der Waals surface area contributed by atoms with Gasteiger partial charge in [0.05, 0.1) is 0 Å². The van der Waals surface area contributed by atoms with Gasteiger partial charge in [0.25, 0.3) is 0 Å². The lowest BCUT2D eigenvalue weighted by atomic mass is 10.1. The molecule has 1 aromatic heterocycles. The quantitative estimate of drug-likeness (QED) is 0.775. The van der Waals surface area contributed by atoms with Gasteiger partial charge in [-0.05, 0) is 33.8 Å². The summed E-state index contributed by atoms with van der Waals surface area (Å²) in [6, 6.07) is 1.44. The van der Waals surface area contributed by atoms with E-state index >= 15 is 0 Å². The Labute approximate surface area is 88.6 Å². The highest BCUT2D eigenvalue weighted by Crippen LogP contribution is 2.11. The zero-order chi connectivity index (χ0) is 11.6. The topological polar surface area (TPSA) is 75.1 Å². The Hall–Kier alpha value is -1.65. The van der Waals surface area contributed by atoms with Gasteiger partial charge in [0, 0.05) is 11.2 Å². The van der Waals surface area contributed by atoms with Crippen molar-refractivity contribution in [2.24, 2.45) is 0 Å². The molecule has 1 heterocycles. The molecule has 0 atom stereocenters. The van der Waals surface area contributed by atoms with E-state index in [9.17, 15) is 4.79 Å². The number of nitrogens with zero attached hydrogens (tertiary/aromatic N) is 2. The molecule has 0 fully saturated rings. The van der Waals surface area contributed by atoms with Gasteiger partial charge in [0.2, 0.25) is 5.95 Å². The van der Waals surface area contributed by atoms with Crippen molar-refractivity contribution in [3.8, 4) is 0 Å². The lowest BCUT2D eigenvalue weighted by Gasteiger charge is -2.20. The van der Waals surface area contributed by atoms with Crippen LogP contribution in [-0.4, -0.2) is 26.6 Å². The largest absolute Gasteiger partial charge is 0.477 e. The van der Waals surface area contributed by atoms with Crippen LogP contribution in [0.1, 0.15) is 37.0 Å². The molecule has 0 aliphatic carbocycles. The van der Waals surface area contributed by atoms with E-state index in [4.69, 9.17) is 5.11 Å². The number of carboxylic acids is 1. The number of hydrogen-bond donors (Lipinski definition) is 2. The number of rotatable bonds is 2. The summed E-state index contributed by atoms with van der Waals surface area (Å²) in [4.78, 5) is 18.8. The van der Waals surface area contributed by atoms with Gasteiger partial charge in [-0.3, -0.25) is 0 Å². The molecule has 0 aliphatic heterocycles. The van der Waals surface area contributed by atoms with Crippen molar-refractivity contribution >= 4 is 11.9 Å². The lowest BCUT2D eigenvalue weighted by molar-refractivity contribution is 0.0690. The molecule has 0 aromatic carbocycles. The van der Waals surface area contributed by atoms with E-state index in [0.29, 0.717) is 11.6 Å². The van der Waals surface area contributed by atoms with Crippen molar-refractivity contribution in [2.75, 3.05) is 5.32 Å². The maximum Gasteiger partial charge on any atom is 0.354 e. The third-order valence-electron chi connectivity index (χ3n) is 1.56. The molecule has 1 rings (SSSR count). The van der Waals surface area contributed by atoms with Crippen LogP contribution in [0.4, 0.5) is 5.95 Å². The Bertz CT molecular complexity index is 383. The van der Waals surface area contributed by atoms with Crippen LogP contribution in [0.2, 0.25) is 0 Å². The minimum atomic E-state index is -1.04. The molecule has 1 aromatic rings. The Morgan fingerprint density at radius 1 is 1.40 bits per heavy atom. The van der Waals surface area contributed by atoms with Crippen LogP contribution in [0.15, 0.2) is 6.07 Å². The third-order valence-corrected chi connectivity index (χ3v) is 1.56. The molecule has 15 heavy (non-hydrogen) atoms. The highest BCUT2D eigenvalue weighted by Gasteiger charge is 2.14. The third kappa shape index (κ3) is 3.53. The molecule has 0 saturated heterocycles. The van der Waals surface area contributed by atoms with Gasteiger partial charge in [0.15, 0.2) is 5.69 Å². The van der Waals surface area contributed by atoms with E-state index < -0.39 is 5.97 Å². The summed E-state index contributed by atoms with van der Waals surface area (Å²) >= 11 is 0. The number of aromatic carboxylic acids is 1. The SMILES string of the molecule is Cc1cc(C(=O)O)nc(NC(C)(C)C)n1. The van der Waals surface area contributed by atoms with Crippen LogP contribution in [0.5, 0.6) is 0 Å². The molecular formula is C10H15N3O2. The van der Waals surface area contributed by atoms with Crippen LogP contribution < -0.4 is 5.32 Å². The van der Waals surface area contributed by atoms with E-state index in [1.807, 2.05) is 20.8 Å². The van der Waals surface area contributed by atoms with Gasteiger partial charge in [-0.15, -0.1) is 0 Å². The fourth-order valence-corrected chi connectivity index (χ4v) is 1.07. The number of aromatic nitrogens is 2. The highest BCUT2D eigenvalue weighted by molar-refractivity contribution is 5.85. The van der Waals surface area contributed by atoms with Crippen LogP contribution >= 0.6 is 0 Å². The molecule has 82 valence electrons. The molecular weight excluding hydrogens is 194 g/mol.